The number of nitrogens with zero attached hydrogens (tertiary/aromatic N) is 3. The van der Waals surface area contributed by atoms with Crippen LogP contribution in [0.25, 0.3) is 0 Å². The molecule has 0 aliphatic carbocycles. The van der Waals surface area contributed by atoms with Crippen LogP contribution in [0.2, 0.25) is 0 Å². The Morgan fingerprint density at radius 2 is 1.94 bits per heavy atom. The predicted molar refractivity (Wildman–Crippen MR) is 120 cm³/mol. The van der Waals surface area contributed by atoms with Crippen LogP contribution in [-0.4, -0.2) is 39.1 Å². The molecule has 2 amide bonds. The maximum absolute atomic E-state index is 12.5. The number of aryl methyl sites for hydroxylation is 1. The second-order valence-corrected chi connectivity index (χ2v) is 8.00. The average molecular weight is 454 g/mol. The SMILES string of the molecule is CCc1ccccc1NC(=O)CSc1nnc(CNC(=O)c2ccc3c(c2)OCO3)n1C. The molecule has 0 fully saturated rings. The molecule has 2 aromatic carbocycles. The van der Waals surface area contributed by atoms with Crippen molar-refractivity contribution in [3.63, 3.8) is 0 Å². The monoisotopic (exact) mass is 453 g/mol. The Bertz CT molecular complexity index is 1150. The molecule has 166 valence electrons. The van der Waals surface area contributed by atoms with E-state index in [-0.39, 0.29) is 30.9 Å². The maximum atomic E-state index is 12.5. The van der Waals surface area contributed by atoms with Crippen molar-refractivity contribution >= 4 is 29.3 Å². The minimum atomic E-state index is -0.255. The molecule has 0 saturated carbocycles. The molecule has 0 unspecified atom stereocenters. The number of anilines is 1. The van der Waals surface area contributed by atoms with E-state index in [1.807, 2.05) is 31.2 Å². The fourth-order valence-electron chi connectivity index (χ4n) is 3.19. The fraction of sp³-hybridized carbons (Fsp3) is 0.273. The molecule has 0 bridgehead atoms. The van der Waals surface area contributed by atoms with E-state index in [0.29, 0.717) is 28.0 Å². The number of aromatic nitrogens is 3. The normalized spacial score (nSPS) is 11.9. The first-order valence-electron chi connectivity index (χ1n) is 10.1. The van der Waals surface area contributed by atoms with Crippen molar-refractivity contribution in [1.82, 2.24) is 20.1 Å². The molecule has 0 spiro atoms. The van der Waals surface area contributed by atoms with Crippen LogP contribution in [0, 0.1) is 0 Å². The van der Waals surface area contributed by atoms with Crippen molar-refractivity contribution in [3.05, 3.63) is 59.4 Å². The summed E-state index contributed by atoms with van der Waals surface area (Å²) >= 11 is 1.29. The number of benzene rings is 2. The number of amides is 2. The number of rotatable bonds is 8. The Kier molecular flexibility index (Phi) is 6.60. The molecule has 1 aromatic heterocycles. The number of thioether (sulfide) groups is 1. The molecule has 0 radical (unpaired) electrons. The molecule has 2 N–H and O–H groups in total. The van der Waals surface area contributed by atoms with Crippen LogP contribution in [0.1, 0.15) is 28.7 Å². The van der Waals surface area contributed by atoms with E-state index in [0.717, 1.165) is 17.7 Å². The number of carbonyl (C=O) groups is 2. The second-order valence-electron chi connectivity index (χ2n) is 7.06. The van der Waals surface area contributed by atoms with E-state index in [1.54, 1.807) is 29.8 Å². The van der Waals surface area contributed by atoms with E-state index in [9.17, 15) is 9.59 Å². The summed E-state index contributed by atoms with van der Waals surface area (Å²) in [6.45, 7) is 2.41. The zero-order valence-corrected chi connectivity index (χ0v) is 18.6. The summed E-state index contributed by atoms with van der Waals surface area (Å²) in [5.41, 5.74) is 2.38. The maximum Gasteiger partial charge on any atom is 0.251 e. The first-order chi connectivity index (χ1) is 15.5. The third-order valence-electron chi connectivity index (χ3n) is 4.97. The third kappa shape index (κ3) is 4.86. The number of nitrogens with one attached hydrogen (secondary N) is 2. The molecular formula is C22H23N5O4S. The van der Waals surface area contributed by atoms with Crippen LogP contribution >= 0.6 is 11.8 Å². The molecule has 1 aliphatic rings. The summed E-state index contributed by atoms with van der Waals surface area (Å²) in [6, 6.07) is 12.8. The molecule has 10 heteroatoms. The second kappa shape index (κ2) is 9.73. The molecule has 32 heavy (non-hydrogen) atoms. The molecule has 1 aliphatic heterocycles. The average Bonchev–Trinajstić information content (AvgIpc) is 3.42. The number of carbonyl (C=O) groups excluding carboxylic acids is 2. The molecule has 4 rings (SSSR count). The van der Waals surface area contributed by atoms with Gasteiger partial charge in [-0.15, -0.1) is 10.2 Å². The van der Waals surface area contributed by atoms with E-state index < -0.39 is 0 Å². The summed E-state index contributed by atoms with van der Waals surface area (Å²) in [5.74, 6) is 1.59. The minimum Gasteiger partial charge on any atom is -0.454 e. The number of para-hydroxylation sites is 1. The molecule has 0 saturated heterocycles. The fourth-order valence-corrected chi connectivity index (χ4v) is 3.92. The Labute approximate surface area is 189 Å². The Morgan fingerprint density at radius 1 is 1.12 bits per heavy atom. The predicted octanol–water partition coefficient (Wildman–Crippen LogP) is 2.77. The van der Waals surface area contributed by atoms with Crippen LogP contribution in [0.15, 0.2) is 47.6 Å². The van der Waals surface area contributed by atoms with Gasteiger partial charge < -0.3 is 24.7 Å². The van der Waals surface area contributed by atoms with Crippen molar-refractivity contribution in [2.75, 3.05) is 17.9 Å². The summed E-state index contributed by atoms with van der Waals surface area (Å²) in [5, 5.41) is 14.6. The van der Waals surface area contributed by atoms with E-state index in [1.165, 1.54) is 11.8 Å². The lowest BCUT2D eigenvalue weighted by Crippen LogP contribution is -2.24. The summed E-state index contributed by atoms with van der Waals surface area (Å²) in [4.78, 5) is 24.8. The zero-order chi connectivity index (χ0) is 22.5. The van der Waals surface area contributed by atoms with Crippen molar-refractivity contribution in [2.24, 2.45) is 7.05 Å². The largest absolute Gasteiger partial charge is 0.454 e. The highest BCUT2D eigenvalue weighted by Gasteiger charge is 2.17. The van der Waals surface area contributed by atoms with Crippen molar-refractivity contribution < 1.29 is 19.1 Å². The standard InChI is InChI=1S/C22H23N5O4S/c1-3-14-6-4-5-7-16(14)24-20(28)12-32-22-26-25-19(27(22)2)11-23-21(29)15-8-9-17-18(10-15)31-13-30-17/h4-10H,3,11-13H2,1-2H3,(H,23,29)(H,24,28). The smallest absolute Gasteiger partial charge is 0.251 e. The van der Waals surface area contributed by atoms with Gasteiger partial charge in [0.2, 0.25) is 12.7 Å². The molecule has 2 heterocycles. The highest BCUT2D eigenvalue weighted by molar-refractivity contribution is 7.99. The van der Waals surface area contributed by atoms with Gasteiger partial charge in [0.05, 0.1) is 12.3 Å². The summed E-state index contributed by atoms with van der Waals surface area (Å²) in [7, 11) is 1.80. The zero-order valence-electron chi connectivity index (χ0n) is 17.8. The van der Waals surface area contributed by atoms with Gasteiger partial charge in [-0.3, -0.25) is 9.59 Å². The topological polar surface area (TPSA) is 107 Å². The highest BCUT2D eigenvalue weighted by Crippen LogP contribution is 2.32. The number of hydrogen-bond acceptors (Lipinski definition) is 7. The lowest BCUT2D eigenvalue weighted by molar-refractivity contribution is -0.113. The van der Waals surface area contributed by atoms with Gasteiger partial charge in [0, 0.05) is 18.3 Å². The Morgan fingerprint density at radius 3 is 2.78 bits per heavy atom. The van der Waals surface area contributed by atoms with Gasteiger partial charge in [-0.2, -0.15) is 0 Å². The molecule has 3 aromatic rings. The number of ether oxygens (including phenoxy) is 2. The van der Waals surface area contributed by atoms with Crippen LogP contribution in [-0.2, 0) is 24.8 Å². The minimum absolute atomic E-state index is 0.114. The Hall–Kier alpha value is -3.53. The van der Waals surface area contributed by atoms with E-state index >= 15 is 0 Å². The van der Waals surface area contributed by atoms with Crippen molar-refractivity contribution in [2.45, 2.75) is 25.0 Å². The molecule has 0 atom stereocenters. The van der Waals surface area contributed by atoms with Gasteiger partial charge >= 0.3 is 0 Å². The van der Waals surface area contributed by atoms with Gasteiger partial charge in [0.15, 0.2) is 22.5 Å². The summed E-state index contributed by atoms with van der Waals surface area (Å²) < 4.78 is 12.3. The van der Waals surface area contributed by atoms with E-state index in [4.69, 9.17) is 9.47 Å². The lowest BCUT2D eigenvalue weighted by atomic mass is 10.1. The van der Waals surface area contributed by atoms with Crippen LogP contribution in [0.4, 0.5) is 5.69 Å². The number of hydrogen-bond donors (Lipinski definition) is 2. The highest BCUT2D eigenvalue weighted by atomic mass is 32.2. The number of fused-ring (bicyclic) bond motifs is 1. The lowest BCUT2D eigenvalue weighted by Gasteiger charge is -2.09. The quantitative estimate of drug-likeness (QED) is 0.505. The van der Waals surface area contributed by atoms with Crippen LogP contribution in [0.3, 0.4) is 0 Å². The van der Waals surface area contributed by atoms with Gasteiger partial charge in [0.25, 0.3) is 5.91 Å². The first-order valence-corrected chi connectivity index (χ1v) is 11.1. The third-order valence-corrected chi connectivity index (χ3v) is 5.99. The van der Waals surface area contributed by atoms with E-state index in [2.05, 4.69) is 20.8 Å². The van der Waals surface area contributed by atoms with Gasteiger partial charge in [-0.25, -0.2) is 0 Å². The van der Waals surface area contributed by atoms with Gasteiger partial charge in [0.1, 0.15) is 0 Å². The summed E-state index contributed by atoms with van der Waals surface area (Å²) in [6.07, 6.45) is 0.841. The van der Waals surface area contributed by atoms with Crippen molar-refractivity contribution in [1.29, 1.82) is 0 Å². The van der Waals surface area contributed by atoms with Gasteiger partial charge in [-0.1, -0.05) is 36.9 Å². The molecular weight excluding hydrogens is 430 g/mol. The van der Waals surface area contributed by atoms with Crippen molar-refractivity contribution in [3.8, 4) is 11.5 Å². The van der Waals surface area contributed by atoms with Crippen LogP contribution in [0.5, 0.6) is 11.5 Å². The van der Waals surface area contributed by atoms with Crippen LogP contribution < -0.4 is 20.1 Å². The molecule has 9 nitrogen and oxygen atoms in total. The van der Waals surface area contributed by atoms with Gasteiger partial charge in [-0.05, 0) is 36.2 Å². The first kappa shape index (κ1) is 21.7. The Balaban J connectivity index is 1.30.